The molecule has 0 radical (unpaired) electrons. The maximum Gasteiger partial charge on any atom is 0.0108 e. The van der Waals surface area contributed by atoms with Crippen LogP contribution in [0.25, 0.3) is 0 Å². The van der Waals surface area contributed by atoms with Crippen molar-refractivity contribution in [3.8, 4) is 0 Å². The molecular weight excluding hydrogens is 220 g/mol. The van der Waals surface area contributed by atoms with Gasteiger partial charge in [0.15, 0.2) is 0 Å². The van der Waals surface area contributed by atoms with E-state index in [4.69, 9.17) is 5.73 Å². The molecule has 0 aromatic heterocycles. The van der Waals surface area contributed by atoms with Crippen molar-refractivity contribution in [1.29, 1.82) is 0 Å². The Morgan fingerprint density at radius 3 is 2.56 bits per heavy atom. The van der Waals surface area contributed by atoms with E-state index in [1.54, 1.807) is 0 Å². The molecular formula is C16H34N2. The molecule has 0 amide bonds. The normalized spacial score (nSPS) is 25.3. The molecule has 18 heavy (non-hydrogen) atoms. The fourth-order valence-corrected chi connectivity index (χ4v) is 3.11. The minimum absolute atomic E-state index is 0.436. The van der Waals surface area contributed by atoms with Gasteiger partial charge in [0.2, 0.25) is 0 Å². The summed E-state index contributed by atoms with van der Waals surface area (Å²) in [5.74, 6) is 0.713. The van der Waals surface area contributed by atoms with E-state index in [-0.39, 0.29) is 0 Å². The molecule has 1 rings (SSSR count). The molecule has 0 saturated heterocycles. The van der Waals surface area contributed by atoms with Gasteiger partial charge in [-0.05, 0) is 37.1 Å². The summed E-state index contributed by atoms with van der Waals surface area (Å²) in [5, 5.41) is 3.81. The van der Waals surface area contributed by atoms with Crippen LogP contribution in [0.4, 0.5) is 0 Å². The second-order valence-corrected chi connectivity index (χ2v) is 6.89. The molecule has 0 aromatic carbocycles. The van der Waals surface area contributed by atoms with Crippen LogP contribution >= 0.6 is 0 Å². The summed E-state index contributed by atoms with van der Waals surface area (Å²) in [7, 11) is 0. The highest BCUT2D eigenvalue weighted by atomic mass is 14.9. The molecule has 0 aromatic rings. The first-order chi connectivity index (χ1) is 8.59. The highest BCUT2D eigenvalue weighted by Gasteiger charge is 2.26. The van der Waals surface area contributed by atoms with Crippen LogP contribution in [0.2, 0.25) is 0 Å². The van der Waals surface area contributed by atoms with E-state index in [0.29, 0.717) is 17.4 Å². The second kappa shape index (κ2) is 8.16. The van der Waals surface area contributed by atoms with Crippen LogP contribution < -0.4 is 11.1 Å². The van der Waals surface area contributed by atoms with Crippen molar-refractivity contribution in [3.63, 3.8) is 0 Å². The molecule has 3 N–H and O–H groups in total. The smallest absolute Gasteiger partial charge is 0.0108 e. The topological polar surface area (TPSA) is 38.0 Å². The predicted molar refractivity (Wildman–Crippen MR) is 80.7 cm³/mol. The molecule has 2 unspecified atom stereocenters. The van der Waals surface area contributed by atoms with Crippen LogP contribution in [0.15, 0.2) is 0 Å². The molecule has 108 valence electrons. The Morgan fingerprint density at radius 2 is 1.89 bits per heavy atom. The summed E-state index contributed by atoms with van der Waals surface area (Å²) in [4.78, 5) is 0. The molecule has 2 heteroatoms. The first-order valence-corrected chi connectivity index (χ1v) is 8.02. The van der Waals surface area contributed by atoms with Crippen molar-refractivity contribution in [3.05, 3.63) is 0 Å². The summed E-state index contributed by atoms with van der Waals surface area (Å²) in [6.07, 6.45) is 10.8. The second-order valence-electron chi connectivity index (χ2n) is 6.89. The number of hydrogen-bond acceptors (Lipinski definition) is 2. The van der Waals surface area contributed by atoms with Gasteiger partial charge >= 0.3 is 0 Å². The van der Waals surface area contributed by atoms with Crippen LogP contribution in [0, 0.1) is 11.3 Å². The molecule has 0 heterocycles. The molecule has 1 aliphatic carbocycles. The maximum atomic E-state index is 5.89. The average Bonchev–Trinajstić information content (AvgIpc) is 2.37. The van der Waals surface area contributed by atoms with Crippen LogP contribution in [0.3, 0.4) is 0 Å². The lowest BCUT2D eigenvalue weighted by Crippen LogP contribution is -2.45. The van der Waals surface area contributed by atoms with E-state index in [1.807, 2.05) is 0 Å². The first kappa shape index (κ1) is 16.0. The third-order valence-corrected chi connectivity index (χ3v) is 4.51. The highest BCUT2D eigenvalue weighted by Crippen LogP contribution is 2.27. The van der Waals surface area contributed by atoms with Crippen LogP contribution in [0.1, 0.15) is 72.1 Å². The number of rotatable bonds is 8. The van der Waals surface area contributed by atoms with Crippen molar-refractivity contribution in [1.82, 2.24) is 5.32 Å². The van der Waals surface area contributed by atoms with Crippen molar-refractivity contribution >= 4 is 0 Å². The third-order valence-electron chi connectivity index (χ3n) is 4.51. The molecule has 2 nitrogen and oxygen atoms in total. The van der Waals surface area contributed by atoms with Gasteiger partial charge in [-0.2, -0.15) is 0 Å². The Balaban J connectivity index is 2.28. The Bertz CT molecular complexity index is 213. The zero-order valence-corrected chi connectivity index (χ0v) is 12.8. The molecule has 1 saturated carbocycles. The lowest BCUT2D eigenvalue weighted by Gasteiger charge is -2.35. The summed E-state index contributed by atoms with van der Waals surface area (Å²) >= 11 is 0. The van der Waals surface area contributed by atoms with E-state index < -0.39 is 0 Å². The van der Waals surface area contributed by atoms with E-state index in [0.717, 1.165) is 13.1 Å². The van der Waals surface area contributed by atoms with E-state index in [1.165, 1.54) is 51.4 Å². The van der Waals surface area contributed by atoms with Crippen molar-refractivity contribution in [2.45, 2.75) is 78.2 Å². The standard InChI is InChI=1S/C16H34N2/c1-4-5-8-11-16(2,3)13-18-15-10-7-6-9-14(15)12-17/h14-15,18H,4-13,17H2,1-3H3. The minimum atomic E-state index is 0.436. The fourth-order valence-electron chi connectivity index (χ4n) is 3.11. The largest absolute Gasteiger partial charge is 0.330 e. The minimum Gasteiger partial charge on any atom is -0.330 e. The molecule has 0 spiro atoms. The molecule has 0 bridgehead atoms. The van der Waals surface area contributed by atoms with Gasteiger partial charge < -0.3 is 11.1 Å². The zero-order chi connectivity index (χ0) is 13.4. The van der Waals surface area contributed by atoms with Gasteiger partial charge in [-0.15, -0.1) is 0 Å². The quantitative estimate of drug-likeness (QED) is 0.648. The summed E-state index contributed by atoms with van der Waals surface area (Å²) in [6.45, 7) is 9.08. The van der Waals surface area contributed by atoms with Crippen molar-refractivity contribution in [2.75, 3.05) is 13.1 Å². The summed E-state index contributed by atoms with van der Waals surface area (Å²) in [6, 6.07) is 0.675. The average molecular weight is 254 g/mol. The van der Waals surface area contributed by atoms with Crippen LogP contribution in [0.5, 0.6) is 0 Å². The van der Waals surface area contributed by atoms with Gasteiger partial charge in [0.05, 0.1) is 0 Å². The van der Waals surface area contributed by atoms with E-state index in [2.05, 4.69) is 26.1 Å². The van der Waals surface area contributed by atoms with Gasteiger partial charge in [-0.1, -0.05) is 52.9 Å². The van der Waals surface area contributed by atoms with Gasteiger partial charge in [0.1, 0.15) is 0 Å². The fraction of sp³-hybridized carbons (Fsp3) is 1.00. The van der Waals surface area contributed by atoms with Gasteiger partial charge in [0.25, 0.3) is 0 Å². The number of hydrogen-bond donors (Lipinski definition) is 2. The number of unbranched alkanes of at least 4 members (excludes halogenated alkanes) is 2. The Kier molecular flexibility index (Phi) is 7.25. The van der Waals surface area contributed by atoms with E-state index in [9.17, 15) is 0 Å². The summed E-state index contributed by atoms with van der Waals surface area (Å²) < 4.78 is 0. The Labute approximate surface area is 114 Å². The molecule has 0 aliphatic heterocycles. The monoisotopic (exact) mass is 254 g/mol. The maximum absolute atomic E-state index is 5.89. The molecule has 2 atom stereocenters. The van der Waals surface area contributed by atoms with Crippen molar-refractivity contribution in [2.24, 2.45) is 17.1 Å². The predicted octanol–water partition coefficient (Wildman–Crippen LogP) is 3.70. The Hall–Kier alpha value is -0.0800. The van der Waals surface area contributed by atoms with Crippen LogP contribution in [-0.2, 0) is 0 Å². The lowest BCUT2D eigenvalue weighted by atomic mass is 9.82. The van der Waals surface area contributed by atoms with Crippen LogP contribution in [-0.4, -0.2) is 19.1 Å². The third kappa shape index (κ3) is 5.71. The zero-order valence-electron chi connectivity index (χ0n) is 12.8. The summed E-state index contributed by atoms with van der Waals surface area (Å²) in [5.41, 5.74) is 6.33. The van der Waals surface area contributed by atoms with Gasteiger partial charge in [-0.25, -0.2) is 0 Å². The van der Waals surface area contributed by atoms with Gasteiger partial charge in [0, 0.05) is 12.6 Å². The number of nitrogens with two attached hydrogens (primary N) is 1. The number of nitrogens with one attached hydrogen (secondary N) is 1. The highest BCUT2D eigenvalue weighted by molar-refractivity contribution is 4.84. The lowest BCUT2D eigenvalue weighted by molar-refractivity contribution is 0.222. The first-order valence-electron chi connectivity index (χ1n) is 8.02. The van der Waals surface area contributed by atoms with Crippen molar-refractivity contribution < 1.29 is 0 Å². The van der Waals surface area contributed by atoms with Gasteiger partial charge in [-0.3, -0.25) is 0 Å². The molecule has 1 aliphatic rings. The SMILES string of the molecule is CCCCCC(C)(C)CNC1CCCCC1CN. The van der Waals surface area contributed by atoms with E-state index >= 15 is 0 Å². The molecule has 1 fully saturated rings. The Morgan fingerprint density at radius 1 is 1.17 bits per heavy atom.